The second-order valence-corrected chi connectivity index (χ2v) is 9.11. The SMILES string of the molecule is Cc1cccc(S(=O)(=O)N(CC(=O)NCc2ccccc2)[C@@H](C)c2ccccc2)c1. The molecule has 5 nitrogen and oxygen atoms in total. The Morgan fingerprint density at radius 1 is 0.933 bits per heavy atom. The molecule has 0 saturated carbocycles. The molecule has 0 bridgehead atoms. The van der Waals surface area contributed by atoms with E-state index in [0.29, 0.717) is 6.54 Å². The molecule has 1 atom stereocenters. The summed E-state index contributed by atoms with van der Waals surface area (Å²) in [5.41, 5.74) is 2.62. The fourth-order valence-electron chi connectivity index (χ4n) is 3.23. The van der Waals surface area contributed by atoms with E-state index in [2.05, 4.69) is 5.32 Å². The van der Waals surface area contributed by atoms with E-state index in [1.807, 2.05) is 73.7 Å². The molecule has 3 aromatic carbocycles. The molecule has 6 heteroatoms. The van der Waals surface area contributed by atoms with Gasteiger partial charge in [-0.2, -0.15) is 4.31 Å². The van der Waals surface area contributed by atoms with Crippen LogP contribution in [0.25, 0.3) is 0 Å². The molecule has 3 rings (SSSR count). The Morgan fingerprint density at radius 3 is 2.20 bits per heavy atom. The summed E-state index contributed by atoms with van der Waals surface area (Å²) in [6.45, 7) is 3.72. The fraction of sp³-hybridized carbons (Fsp3) is 0.208. The Hall–Kier alpha value is -2.96. The number of carbonyl (C=O) groups excluding carboxylic acids is 1. The molecular weight excluding hydrogens is 396 g/mol. The average molecular weight is 423 g/mol. The quantitative estimate of drug-likeness (QED) is 0.595. The summed E-state index contributed by atoms with van der Waals surface area (Å²) in [6.07, 6.45) is 0. The van der Waals surface area contributed by atoms with E-state index in [1.54, 1.807) is 25.1 Å². The van der Waals surface area contributed by atoms with E-state index in [0.717, 1.165) is 16.7 Å². The van der Waals surface area contributed by atoms with E-state index in [4.69, 9.17) is 0 Å². The highest BCUT2D eigenvalue weighted by molar-refractivity contribution is 7.89. The zero-order valence-electron chi connectivity index (χ0n) is 17.2. The van der Waals surface area contributed by atoms with Gasteiger partial charge in [0.05, 0.1) is 11.4 Å². The van der Waals surface area contributed by atoms with Crippen LogP contribution in [0.1, 0.15) is 29.7 Å². The topological polar surface area (TPSA) is 66.5 Å². The van der Waals surface area contributed by atoms with Gasteiger partial charge in [-0.05, 0) is 42.7 Å². The Morgan fingerprint density at radius 2 is 1.57 bits per heavy atom. The molecule has 0 unspecified atom stereocenters. The van der Waals surface area contributed by atoms with Gasteiger partial charge in [-0.3, -0.25) is 4.79 Å². The van der Waals surface area contributed by atoms with Crippen molar-refractivity contribution in [2.24, 2.45) is 0 Å². The Labute approximate surface area is 178 Å². The third-order valence-corrected chi connectivity index (χ3v) is 6.85. The maximum absolute atomic E-state index is 13.5. The van der Waals surface area contributed by atoms with Crippen molar-refractivity contribution in [2.75, 3.05) is 6.54 Å². The van der Waals surface area contributed by atoms with Crippen molar-refractivity contribution >= 4 is 15.9 Å². The molecule has 1 amide bonds. The van der Waals surface area contributed by atoms with E-state index in [1.165, 1.54) is 4.31 Å². The van der Waals surface area contributed by atoms with Gasteiger partial charge < -0.3 is 5.32 Å². The highest BCUT2D eigenvalue weighted by atomic mass is 32.2. The normalized spacial score (nSPS) is 12.5. The summed E-state index contributed by atoms with van der Waals surface area (Å²) in [4.78, 5) is 12.9. The summed E-state index contributed by atoms with van der Waals surface area (Å²) in [5, 5.41) is 2.83. The lowest BCUT2D eigenvalue weighted by molar-refractivity contribution is -0.121. The number of benzene rings is 3. The summed E-state index contributed by atoms with van der Waals surface area (Å²) in [7, 11) is -3.88. The fourth-order valence-corrected chi connectivity index (χ4v) is 4.91. The molecule has 0 aromatic heterocycles. The summed E-state index contributed by atoms with van der Waals surface area (Å²) >= 11 is 0. The van der Waals surface area contributed by atoms with E-state index < -0.39 is 16.1 Å². The van der Waals surface area contributed by atoms with Crippen LogP contribution in [0.15, 0.2) is 89.8 Å². The molecule has 0 aliphatic rings. The van der Waals surface area contributed by atoms with Crippen molar-refractivity contribution in [1.29, 1.82) is 0 Å². The van der Waals surface area contributed by atoms with Gasteiger partial charge in [0.1, 0.15) is 0 Å². The van der Waals surface area contributed by atoms with Gasteiger partial charge in [0.15, 0.2) is 0 Å². The van der Waals surface area contributed by atoms with Gasteiger partial charge >= 0.3 is 0 Å². The summed E-state index contributed by atoms with van der Waals surface area (Å²) in [5.74, 6) is -0.349. The summed E-state index contributed by atoms with van der Waals surface area (Å²) < 4.78 is 28.2. The van der Waals surface area contributed by atoms with E-state index >= 15 is 0 Å². The molecule has 0 spiro atoms. The van der Waals surface area contributed by atoms with Crippen LogP contribution < -0.4 is 5.32 Å². The average Bonchev–Trinajstić information content (AvgIpc) is 2.77. The van der Waals surface area contributed by atoms with Crippen molar-refractivity contribution in [3.63, 3.8) is 0 Å². The standard InChI is InChI=1S/C24H26N2O3S/c1-19-10-9-15-23(16-19)30(28,29)26(20(2)22-13-7-4-8-14-22)18-24(27)25-17-21-11-5-3-6-12-21/h3-16,20H,17-18H2,1-2H3,(H,25,27)/t20-/m0/s1. The van der Waals surface area contributed by atoms with Crippen molar-refractivity contribution in [3.05, 3.63) is 102 Å². The lowest BCUT2D eigenvalue weighted by Gasteiger charge is -2.28. The molecule has 3 aromatic rings. The lowest BCUT2D eigenvalue weighted by atomic mass is 10.1. The number of hydrogen-bond acceptors (Lipinski definition) is 3. The van der Waals surface area contributed by atoms with E-state index in [9.17, 15) is 13.2 Å². The van der Waals surface area contributed by atoms with Crippen LogP contribution >= 0.6 is 0 Å². The number of amides is 1. The highest BCUT2D eigenvalue weighted by Crippen LogP contribution is 2.27. The second-order valence-electron chi connectivity index (χ2n) is 7.22. The van der Waals surface area contributed by atoms with Crippen molar-refractivity contribution in [3.8, 4) is 0 Å². The first-order valence-corrected chi connectivity index (χ1v) is 11.3. The van der Waals surface area contributed by atoms with Gasteiger partial charge in [0, 0.05) is 12.6 Å². The second kappa shape index (κ2) is 9.69. The van der Waals surface area contributed by atoms with E-state index in [-0.39, 0.29) is 17.3 Å². The van der Waals surface area contributed by atoms with Crippen LogP contribution in [0.5, 0.6) is 0 Å². The van der Waals surface area contributed by atoms with Crippen LogP contribution in [-0.4, -0.2) is 25.2 Å². The molecular formula is C24H26N2O3S. The van der Waals surface area contributed by atoms with Crippen LogP contribution in [0.2, 0.25) is 0 Å². The molecule has 30 heavy (non-hydrogen) atoms. The maximum Gasteiger partial charge on any atom is 0.244 e. The molecule has 0 radical (unpaired) electrons. The number of carbonyl (C=O) groups is 1. The Balaban J connectivity index is 1.86. The zero-order chi connectivity index (χ0) is 21.6. The van der Waals surface area contributed by atoms with Crippen LogP contribution in [-0.2, 0) is 21.4 Å². The minimum absolute atomic E-state index is 0.182. The highest BCUT2D eigenvalue weighted by Gasteiger charge is 2.31. The van der Waals surface area contributed by atoms with Crippen LogP contribution in [0.4, 0.5) is 0 Å². The molecule has 0 saturated heterocycles. The third kappa shape index (κ3) is 5.34. The smallest absolute Gasteiger partial charge is 0.244 e. The third-order valence-electron chi connectivity index (χ3n) is 4.94. The van der Waals surface area contributed by atoms with Crippen molar-refractivity contribution < 1.29 is 13.2 Å². The minimum atomic E-state index is -3.88. The molecule has 1 N–H and O–H groups in total. The van der Waals surface area contributed by atoms with Crippen LogP contribution in [0.3, 0.4) is 0 Å². The molecule has 0 fully saturated rings. The Bertz CT molecular complexity index is 1080. The van der Waals surface area contributed by atoms with Gasteiger partial charge in [0.25, 0.3) is 0 Å². The molecule has 0 aliphatic heterocycles. The van der Waals surface area contributed by atoms with Crippen molar-refractivity contribution in [1.82, 2.24) is 9.62 Å². The molecule has 0 heterocycles. The predicted octanol–water partition coefficient (Wildman–Crippen LogP) is 4.06. The van der Waals surface area contributed by atoms with Gasteiger partial charge in [-0.1, -0.05) is 72.8 Å². The maximum atomic E-state index is 13.5. The first kappa shape index (κ1) is 21.7. The summed E-state index contributed by atoms with van der Waals surface area (Å²) in [6, 6.07) is 25.1. The molecule has 156 valence electrons. The first-order chi connectivity index (χ1) is 14.4. The van der Waals surface area contributed by atoms with Gasteiger partial charge in [-0.25, -0.2) is 8.42 Å². The number of aryl methyl sites for hydroxylation is 1. The number of rotatable bonds is 8. The van der Waals surface area contributed by atoms with Gasteiger partial charge in [0.2, 0.25) is 15.9 Å². The monoisotopic (exact) mass is 422 g/mol. The zero-order valence-corrected chi connectivity index (χ0v) is 18.0. The number of nitrogens with one attached hydrogen (secondary N) is 1. The number of hydrogen-bond donors (Lipinski definition) is 1. The largest absolute Gasteiger partial charge is 0.351 e. The predicted molar refractivity (Wildman–Crippen MR) is 118 cm³/mol. The van der Waals surface area contributed by atoms with Gasteiger partial charge in [-0.15, -0.1) is 0 Å². The molecule has 0 aliphatic carbocycles. The number of sulfonamides is 1. The Kier molecular flexibility index (Phi) is 7.03. The minimum Gasteiger partial charge on any atom is -0.351 e. The first-order valence-electron chi connectivity index (χ1n) is 9.82. The lowest BCUT2D eigenvalue weighted by Crippen LogP contribution is -2.41. The van der Waals surface area contributed by atoms with Crippen molar-refractivity contribution in [2.45, 2.75) is 31.3 Å². The number of nitrogens with zero attached hydrogens (tertiary/aromatic N) is 1. The van der Waals surface area contributed by atoms with Crippen LogP contribution in [0, 0.1) is 6.92 Å².